The summed E-state index contributed by atoms with van der Waals surface area (Å²) in [4.78, 5) is 6.87. The molecule has 0 spiro atoms. The number of nitrogens with zero attached hydrogens (tertiary/aromatic N) is 2. The molecule has 1 saturated heterocycles. The highest BCUT2D eigenvalue weighted by atomic mass is 19.4. The number of halogens is 3. The Labute approximate surface area is 105 Å². The number of ether oxygens (including phenoxy) is 1. The molecule has 106 valence electrons. The molecule has 0 aliphatic carbocycles. The third kappa shape index (κ3) is 2.68. The van der Waals surface area contributed by atoms with Gasteiger partial charge >= 0.3 is 6.18 Å². The van der Waals surface area contributed by atoms with Crippen molar-refractivity contribution >= 4 is 0 Å². The Morgan fingerprint density at radius 1 is 1.26 bits per heavy atom. The van der Waals surface area contributed by atoms with Crippen LogP contribution in [0.5, 0.6) is 0 Å². The Hall–Kier alpha value is -1.29. The highest BCUT2D eigenvalue weighted by molar-refractivity contribution is 5.10. The van der Waals surface area contributed by atoms with Crippen LogP contribution in [0.25, 0.3) is 0 Å². The molecule has 0 unspecified atom stereocenters. The minimum atomic E-state index is -4.64. The maximum Gasteiger partial charge on any atom is 0.433 e. The fourth-order valence-corrected chi connectivity index (χ4v) is 1.78. The molecule has 0 saturated carbocycles. The Morgan fingerprint density at radius 2 is 1.95 bits per heavy atom. The maximum absolute atomic E-state index is 12.5. The molecule has 3 N–H and O–H groups in total. The third-order valence-electron chi connectivity index (χ3n) is 2.76. The molecule has 0 aromatic carbocycles. The summed E-state index contributed by atoms with van der Waals surface area (Å²) in [5, 5.41) is 28.1. The average molecular weight is 280 g/mol. The van der Waals surface area contributed by atoms with E-state index in [1.54, 1.807) is 0 Å². The zero-order chi connectivity index (χ0) is 14.2. The largest absolute Gasteiger partial charge is 0.433 e. The molecule has 4 atom stereocenters. The smallest absolute Gasteiger partial charge is 0.394 e. The van der Waals surface area contributed by atoms with E-state index in [0.29, 0.717) is 6.07 Å². The van der Waals surface area contributed by atoms with Gasteiger partial charge in [0.25, 0.3) is 0 Å². The molecular formula is C10H11F3N2O4. The predicted molar refractivity (Wildman–Crippen MR) is 53.7 cm³/mol. The topological polar surface area (TPSA) is 95.7 Å². The van der Waals surface area contributed by atoms with Crippen LogP contribution in [0.15, 0.2) is 12.3 Å². The lowest BCUT2D eigenvalue weighted by molar-refractivity contribution is -0.141. The van der Waals surface area contributed by atoms with Gasteiger partial charge in [-0.2, -0.15) is 13.2 Å². The van der Waals surface area contributed by atoms with Crippen molar-refractivity contribution in [3.63, 3.8) is 0 Å². The van der Waals surface area contributed by atoms with E-state index in [1.807, 2.05) is 0 Å². The third-order valence-corrected chi connectivity index (χ3v) is 2.76. The molecule has 0 radical (unpaired) electrons. The van der Waals surface area contributed by atoms with E-state index in [0.717, 1.165) is 6.20 Å². The molecule has 1 aromatic rings. The molecule has 0 amide bonds. The molecular weight excluding hydrogens is 269 g/mol. The summed E-state index contributed by atoms with van der Waals surface area (Å²) in [6.45, 7) is -0.576. The second-order valence-corrected chi connectivity index (χ2v) is 4.06. The lowest BCUT2D eigenvalue weighted by Crippen LogP contribution is -2.32. The van der Waals surface area contributed by atoms with Gasteiger partial charge in [-0.15, -0.1) is 0 Å². The predicted octanol–water partition coefficient (Wildman–Crippen LogP) is -0.351. The summed E-state index contributed by atoms with van der Waals surface area (Å²) in [5.74, 6) is -0.391. The Bertz CT molecular complexity index is 457. The van der Waals surface area contributed by atoms with E-state index in [4.69, 9.17) is 9.84 Å². The van der Waals surface area contributed by atoms with Crippen molar-refractivity contribution < 1.29 is 33.2 Å². The molecule has 19 heavy (non-hydrogen) atoms. The molecule has 0 bridgehead atoms. The molecule has 1 aliphatic rings. The van der Waals surface area contributed by atoms with Gasteiger partial charge in [0.1, 0.15) is 30.1 Å². The molecule has 1 aliphatic heterocycles. The van der Waals surface area contributed by atoms with E-state index >= 15 is 0 Å². The Balaban J connectivity index is 2.28. The lowest BCUT2D eigenvalue weighted by Gasteiger charge is -2.14. The van der Waals surface area contributed by atoms with E-state index in [9.17, 15) is 23.4 Å². The van der Waals surface area contributed by atoms with Gasteiger partial charge in [0.2, 0.25) is 0 Å². The van der Waals surface area contributed by atoms with Gasteiger partial charge in [-0.3, -0.25) is 0 Å². The first-order valence-corrected chi connectivity index (χ1v) is 5.37. The number of aliphatic hydroxyl groups is 3. The fraction of sp³-hybridized carbons (Fsp3) is 0.600. The fourth-order valence-electron chi connectivity index (χ4n) is 1.78. The maximum atomic E-state index is 12.5. The van der Waals surface area contributed by atoms with E-state index in [-0.39, 0.29) is 0 Å². The summed E-state index contributed by atoms with van der Waals surface area (Å²) in [6.07, 6.45) is -9.06. The number of rotatable bonds is 2. The number of aromatic nitrogens is 2. The first kappa shape index (κ1) is 14.1. The second kappa shape index (κ2) is 5.00. The minimum Gasteiger partial charge on any atom is -0.394 e. The zero-order valence-corrected chi connectivity index (χ0v) is 9.45. The van der Waals surface area contributed by atoms with Crippen LogP contribution < -0.4 is 0 Å². The van der Waals surface area contributed by atoms with Gasteiger partial charge in [0.15, 0.2) is 5.82 Å². The highest BCUT2D eigenvalue weighted by Crippen LogP contribution is 2.33. The van der Waals surface area contributed by atoms with Crippen LogP contribution in [0.4, 0.5) is 13.2 Å². The van der Waals surface area contributed by atoms with Crippen molar-refractivity contribution in [2.75, 3.05) is 6.61 Å². The Kier molecular flexibility index (Phi) is 3.72. The first-order valence-electron chi connectivity index (χ1n) is 5.37. The van der Waals surface area contributed by atoms with Crippen LogP contribution >= 0.6 is 0 Å². The SMILES string of the molecule is OC[C@H]1O[C@@H](c2nccc(C(F)(F)F)n2)[C@H](O)[C@@H]1O. The van der Waals surface area contributed by atoms with Crippen LogP contribution in [-0.2, 0) is 10.9 Å². The monoisotopic (exact) mass is 280 g/mol. The van der Waals surface area contributed by atoms with Crippen molar-refractivity contribution in [1.82, 2.24) is 9.97 Å². The second-order valence-electron chi connectivity index (χ2n) is 4.06. The molecule has 2 heterocycles. The van der Waals surface area contributed by atoms with E-state index < -0.39 is 48.7 Å². The van der Waals surface area contributed by atoms with Gasteiger partial charge < -0.3 is 20.1 Å². The molecule has 1 aromatic heterocycles. The Morgan fingerprint density at radius 3 is 2.47 bits per heavy atom. The molecule has 1 fully saturated rings. The van der Waals surface area contributed by atoms with Crippen molar-refractivity contribution in [3.05, 3.63) is 23.8 Å². The number of hydrogen-bond donors (Lipinski definition) is 3. The van der Waals surface area contributed by atoms with Gasteiger partial charge in [-0.25, -0.2) is 9.97 Å². The minimum absolute atomic E-state index is 0.391. The number of aliphatic hydroxyl groups excluding tert-OH is 3. The summed E-state index contributed by atoms with van der Waals surface area (Å²) < 4.78 is 42.5. The summed E-state index contributed by atoms with van der Waals surface area (Å²) >= 11 is 0. The quantitative estimate of drug-likeness (QED) is 0.685. The lowest BCUT2D eigenvalue weighted by atomic mass is 10.1. The first-order chi connectivity index (χ1) is 8.84. The van der Waals surface area contributed by atoms with Gasteiger partial charge in [-0.1, -0.05) is 0 Å². The molecule has 6 nitrogen and oxygen atoms in total. The van der Waals surface area contributed by atoms with Crippen LogP contribution in [0.3, 0.4) is 0 Å². The zero-order valence-electron chi connectivity index (χ0n) is 9.45. The van der Waals surface area contributed by atoms with Gasteiger partial charge in [0.05, 0.1) is 6.61 Å². The van der Waals surface area contributed by atoms with Crippen molar-refractivity contribution in [2.24, 2.45) is 0 Å². The van der Waals surface area contributed by atoms with Gasteiger partial charge in [0, 0.05) is 6.20 Å². The average Bonchev–Trinajstić information content (AvgIpc) is 2.65. The van der Waals surface area contributed by atoms with Crippen molar-refractivity contribution in [2.45, 2.75) is 30.6 Å². The summed E-state index contributed by atoms with van der Waals surface area (Å²) in [7, 11) is 0. The van der Waals surface area contributed by atoms with Crippen LogP contribution in [0.2, 0.25) is 0 Å². The highest BCUT2D eigenvalue weighted by Gasteiger charge is 2.45. The number of alkyl halides is 3. The van der Waals surface area contributed by atoms with E-state index in [1.165, 1.54) is 0 Å². The molecule has 9 heteroatoms. The van der Waals surface area contributed by atoms with Gasteiger partial charge in [-0.05, 0) is 6.07 Å². The number of hydrogen-bond acceptors (Lipinski definition) is 6. The van der Waals surface area contributed by atoms with Crippen molar-refractivity contribution in [1.29, 1.82) is 0 Å². The van der Waals surface area contributed by atoms with Crippen LogP contribution in [-0.4, -0.2) is 50.2 Å². The summed E-state index contributed by atoms with van der Waals surface area (Å²) in [6, 6.07) is 0.685. The molecule has 2 rings (SSSR count). The normalized spacial score (nSPS) is 31.7. The standard InChI is InChI=1S/C10H11F3N2O4/c11-10(12,13)5-1-2-14-9(15-5)8-7(18)6(17)4(3-16)19-8/h1-2,4,6-8,16-18H,3H2/t4-,6-,7-,8-/m1/s1. The van der Waals surface area contributed by atoms with Crippen molar-refractivity contribution in [3.8, 4) is 0 Å². The van der Waals surface area contributed by atoms with E-state index in [2.05, 4.69) is 9.97 Å². The van der Waals surface area contributed by atoms with Crippen LogP contribution in [0.1, 0.15) is 17.6 Å². The summed E-state index contributed by atoms with van der Waals surface area (Å²) in [5.41, 5.74) is -1.17. The van der Waals surface area contributed by atoms with Crippen LogP contribution in [0, 0.1) is 0 Å².